The van der Waals surface area contributed by atoms with Crippen LogP contribution in [0.3, 0.4) is 0 Å². The smallest absolute Gasteiger partial charge is 0.0322 e. The summed E-state index contributed by atoms with van der Waals surface area (Å²) in [6.07, 6.45) is 5.38. The Labute approximate surface area is 86.5 Å². The maximum Gasteiger partial charge on any atom is 0.0322 e. The van der Waals surface area contributed by atoms with Gasteiger partial charge in [-0.15, -0.1) is 0 Å². The minimum absolute atomic E-state index is 0.596. The largest absolute Gasteiger partial charge is 0.310 e. The van der Waals surface area contributed by atoms with Crippen molar-refractivity contribution in [3.05, 3.63) is 35.4 Å². The minimum atomic E-state index is 0.596. The second-order valence-electron chi connectivity index (χ2n) is 4.21. The summed E-state index contributed by atoms with van der Waals surface area (Å²) in [6.45, 7) is 3.39. The molecule has 1 aliphatic heterocycles. The lowest BCUT2D eigenvalue weighted by Crippen LogP contribution is -2.20. The number of benzene rings is 1. The summed E-state index contributed by atoms with van der Waals surface area (Å²) in [4.78, 5) is 0. The van der Waals surface area contributed by atoms with Crippen molar-refractivity contribution < 1.29 is 0 Å². The third-order valence-electron chi connectivity index (χ3n) is 3.12. The number of hydrogen-bond donors (Lipinski definition) is 1. The Bertz CT molecular complexity index is 285. The van der Waals surface area contributed by atoms with Gasteiger partial charge in [-0.3, -0.25) is 0 Å². The van der Waals surface area contributed by atoms with Gasteiger partial charge in [0.15, 0.2) is 0 Å². The average Bonchev–Trinajstić information content (AvgIpc) is 2.47. The van der Waals surface area contributed by atoms with Crippen molar-refractivity contribution in [1.29, 1.82) is 0 Å². The Kier molecular flexibility index (Phi) is 3.20. The predicted molar refractivity (Wildman–Crippen MR) is 60.4 cm³/mol. The van der Waals surface area contributed by atoms with Gasteiger partial charge in [-0.25, -0.2) is 0 Å². The fraction of sp³-hybridized carbons (Fsp3) is 0.538. The lowest BCUT2D eigenvalue weighted by Gasteiger charge is -2.18. The first-order chi connectivity index (χ1) is 6.88. The molecule has 1 saturated heterocycles. The van der Waals surface area contributed by atoms with Crippen LogP contribution in [0.25, 0.3) is 0 Å². The van der Waals surface area contributed by atoms with E-state index < -0.39 is 0 Å². The van der Waals surface area contributed by atoms with E-state index in [1.54, 1.807) is 0 Å². The number of hydrogen-bond acceptors (Lipinski definition) is 1. The molecule has 1 unspecified atom stereocenters. The highest BCUT2D eigenvalue weighted by molar-refractivity contribution is 5.28. The molecule has 0 aromatic heterocycles. The minimum Gasteiger partial charge on any atom is -0.310 e. The van der Waals surface area contributed by atoms with Crippen molar-refractivity contribution in [2.45, 2.75) is 38.6 Å². The molecule has 0 saturated carbocycles. The van der Waals surface area contributed by atoms with Crippen molar-refractivity contribution in [3.8, 4) is 0 Å². The van der Waals surface area contributed by atoms with Crippen LogP contribution in [0.2, 0.25) is 0 Å². The Balaban J connectivity index is 2.16. The van der Waals surface area contributed by atoms with Crippen LogP contribution in [0.15, 0.2) is 24.3 Å². The van der Waals surface area contributed by atoms with Crippen molar-refractivity contribution in [2.75, 3.05) is 6.54 Å². The molecule has 2 rings (SSSR count). The highest BCUT2D eigenvalue weighted by atomic mass is 14.9. The molecular weight excluding hydrogens is 170 g/mol. The van der Waals surface area contributed by atoms with Crippen molar-refractivity contribution >= 4 is 0 Å². The van der Waals surface area contributed by atoms with Gasteiger partial charge >= 0.3 is 0 Å². The molecule has 1 nitrogen and oxygen atoms in total. The van der Waals surface area contributed by atoms with Gasteiger partial charge < -0.3 is 5.32 Å². The van der Waals surface area contributed by atoms with Crippen LogP contribution >= 0.6 is 0 Å². The number of rotatable bonds is 1. The van der Waals surface area contributed by atoms with E-state index in [9.17, 15) is 0 Å². The molecule has 14 heavy (non-hydrogen) atoms. The van der Waals surface area contributed by atoms with Crippen LogP contribution < -0.4 is 5.32 Å². The quantitative estimate of drug-likeness (QED) is 0.715. The van der Waals surface area contributed by atoms with Crippen LogP contribution in [-0.4, -0.2) is 6.54 Å². The second-order valence-corrected chi connectivity index (χ2v) is 4.21. The molecule has 0 spiro atoms. The topological polar surface area (TPSA) is 12.0 Å². The summed E-state index contributed by atoms with van der Waals surface area (Å²) >= 11 is 0. The molecule has 0 aliphatic carbocycles. The summed E-state index contributed by atoms with van der Waals surface area (Å²) in [5.74, 6) is 0. The Morgan fingerprint density at radius 1 is 1.14 bits per heavy atom. The summed E-state index contributed by atoms with van der Waals surface area (Å²) in [6, 6.07) is 9.34. The molecule has 1 N–H and O–H groups in total. The van der Waals surface area contributed by atoms with Crippen LogP contribution in [-0.2, 0) is 0 Å². The number of aryl methyl sites for hydroxylation is 1. The van der Waals surface area contributed by atoms with Gasteiger partial charge in [0.2, 0.25) is 0 Å². The van der Waals surface area contributed by atoms with Gasteiger partial charge in [0, 0.05) is 6.04 Å². The van der Waals surface area contributed by atoms with Crippen LogP contribution in [0.4, 0.5) is 0 Å². The Morgan fingerprint density at radius 2 is 2.00 bits per heavy atom. The summed E-state index contributed by atoms with van der Waals surface area (Å²) in [7, 11) is 0. The fourth-order valence-corrected chi connectivity index (χ4v) is 2.27. The molecule has 0 bridgehead atoms. The predicted octanol–water partition coefficient (Wildman–Crippen LogP) is 3.20. The highest BCUT2D eigenvalue weighted by Crippen LogP contribution is 2.24. The van der Waals surface area contributed by atoms with Crippen LogP contribution in [0.1, 0.15) is 42.9 Å². The maximum atomic E-state index is 3.64. The molecule has 76 valence electrons. The molecule has 1 aliphatic rings. The molecule has 1 atom stereocenters. The zero-order valence-corrected chi connectivity index (χ0v) is 8.92. The summed E-state index contributed by atoms with van der Waals surface area (Å²) in [5.41, 5.74) is 2.92. The lowest BCUT2D eigenvalue weighted by molar-refractivity contribution is 0.532. The van der Waals surface area contributed by atoms with Crippen LogP contribution in [0.5, 0.6) is 0 Å². The standard InChI is InChI=1S/C13H19N/c1-11-7-4-5-8-12(11)13-9-3-2-6-10-14-13/h4-5,7-8,13-14H,2-3,6,9-10H2,1H3. The summed E-state index contributed by atoms with van der Waals surface area (Å²) < 4.78 is 0. The molecule has 0 radical (unpaired) electrons. The molecule has 1 heterocycles. The molecule has 1 heteroatoms. The van der Waals surface area contributed by atoms with E-state index in [0.717, 1.165) is 0 Å². The van der Waals surface area contributed by atoms with Gasteiger partial charge in [-0.2, -0.15) is 0 Å². The first-order valence-electron chi connectivity index (χ1n) is 5.67. The average molecular weight is 189 g/mol. The maximum absolute atomic E-state index is 3.64. The van der Waals surface area contributed by atoms with Gasteiger partial charge in [0.25, 0.3) is 0 Å². The van der Waals surface area contributed by atoms with E-state index in [4.69, 9.17) is 0 Å². The fourth-order valence-electron chi connectivity index (χ4n) is 2.27. The first kappa shape index (κ1) is 9.72. The molecule has 1 fully saturated rings. The van der Waals surface area contributed by atoms with Gasteiger partial charge in [0.1, 0.15) is 0 Å². The molecule has 1 aromatic carbocycles. The molecule has 1 aromatic rings. The van der Waals surface area contributed by atoms with E-state index >= 15 is 0 Å². The number of nitrogens with one attached hydrogen (secondary N) is 1. The highest BCUT2D eigenvalue weighted by Gasteiger charge is 2.14. The molecule has 0 amide bonds. The third-order valence-corrected chi connectivity index (χ3v) is 3.12. The zero-order valence-electron chi connectivity index (χ0n) is 8.92. The van der Waals surface area contributed by atoms with Gasteiger partial charge in [-0.1, -0.05) is 37.1 Å². The van der Waals surface area contributed by atoms with Crippen molar-refractivity contribution in [1.82, 2.24) is 5.32 Å². The van der Waals surface area contributed by atoms with Gasteiger partial charge in [0.05, 0.1) is 0 Å². The third kappa shape index (κ3) is 2.16. The van der Waals surface area contributed by atoms with E-state index in [-0.39, 0.29) is 0 Å². The van der Waals surface area contributed by atoms with E-state index in [1.165, 1.54) is 43.4 Å². The summed E-state index contributed by atoms with van der Waals surface area (Å²) in [5, 5.41) is 3.64. The zero-order chi connectivity index (χ0) is 9.80. The van der Waals surface area contributed by atoms with Crippen molar-refractivity contribution in [3.63, 3.8) is 0 Å². The van der Waals surface area contributed by atoms with Gasteiger partial charge in [-0.05, 0) is 37.4 Å². The van der Waals surface area contributed by atoms with E-state index in [1.807, 2.05) is 0 Å². The normalized spacial score (nSPS) is 23.1. The van der Waals surface area contributed by atoms with Crippen molar-refractivity contribution in [2.24, 2.45) is 0 Å². The Hall–Kier alpha value is -0.820. The second kappa shape index (κ2) is 4.61. The van der Waals surface area contributed by atoms with E-state index in [2.05, 4.69) is 36.5 Å². The first-order valence-corrected chi connectivity index (χ1v) is 5.67. The monoisotopic (exact) mass is 189 g/mol. The SMILES string of the molecule is Cc1ccccc1C1CCCCCN1. The molecular formula is C13H19N. The van der Waals surface area contributed by atoms with Crippen LogP contribution in [0, 0.1) is 6.92 Å². The lowest BCUT2D eigenvalue weighted by atomic mass is 9.98. The Morgan fingerprint density at radius 3 is 2.86 bits per heavy atom. The van der Waals surface area contributed by atoms with E-state index in [0.29, 0.717) is 6.04 Å².